The van der Waals surface area contributed by atoms with Crippen LogP contribution in [0, 0.1) is 0 Å². The average Bonchev–Trinajstić information content (AvgIpc) is 3.39. The van der Waals surface area contributed by atoms with E-state index < -0.39 is 0 Å². The van der Waals surface area contributed by atoms with Crippen molar-refractivity contribution < 1.29 is 0 Å². The Morgan fingerprint density at radius 1 is 0.306 bits per heavy atom. The van der Waals surface area contributed by atoms with Crippen molar-refractivity contribution in [3.8, 4) is 44.5 Å². The van der Waals surface area contributed by atoms with Crippen molar-refractivity contribution in [2.75, 3.05) is 0 Å². The minimum Gasteiger partial charge on any atom is -0.0622 e. The summed E-state index contributed by atoms with van der Waals surface area (Å²) in [5.74, 6) is 0. The highest BCUT2D eigenvalue weighted by molar-refractivity contribution is 6.24. The van der Waals surface area contributed by atoms with Crippen molar-refractivity contribution in [2.24, 2.45) is 0 Å². The van der Waals surface area contributed by atoms with E-state index in [-0.39, 0.29) is 5.41 Å². The molecule has 9 aromatic rings. The molecule has 0 spiro atoms. The molecule has 0 heteroatoms. The van der Waals surface area contributed by atoms with Gasteiger partial charge in [-0.05, 0) is 105 Å². The van der Waals surface area contributed by atoms with E-state index in [0.29, 0.717) is 0 Å². The van der Waals surface area contributed by atoms with Gasteiger partial charge >= 0.3 is 0 Å². The minimum atomic E-state index is -0.0655. The maximum atomic E-state index is 2.48. The van der Waals surface area contributed by atoms with Gasteiger partial charge in [-0.25, -0.2) is 0 Å². The van der Waals surface area contributed by atoms with Gasteiger partial charge in [-0.2, -0.15) is 0 Å². The number of fused-ring (bicyclic) bond motifs is 8. The summed E-state index contributed by atoms with van der Waals surface area (Å²) in [5.41, 5.74) is 13.2. The second kappa shape index (κ2) is 10.5. The van der Waals surface area contributed by atoms with Gasteiger partial charge in [0, 0.05) is 5.41 Å². The SMILES string of the molecule is CC1(C)c2ccccc2-c2cc(-c3ccc(-c4c5ccccc5c(-c5ccccc5)c5ccccc45)c4ccccc34)c3ccccc3c21. The van der Waals surface area contributed by atoms with Crippen LogP contribution in [0.5, 0.6) is 0 Å². The van der Waals surface area contributed by atoms with E-state index in [1.165, 1.54) is 98.7 Å². The molecule has 0 saturated carbocycles. The van der Waals surface area contributed by atoms with Crippen LogP contribution in [0.1, 0.15) is 25.0 Å². The average molecular weight is 623 g/mol. The van der Waals surface area contributed by atoms with E-state index in [0.717, 1.165) is 0 Å². The molecule has 1 aliphatic rings. The summed E-state index contributed by atoms with van der Waals surface area (Å²) in [7, 11) is 0. The fourth-order valence-electron chi connectivity index (χ4n) is 8.97. The third-order valence-electron chi connectivity index (χ3n) is 11.0. The lowest BCUT2D eigenvalue weighted by atomic mass is 9.79. The first kappa shape index (κ1) is 28.1. The van der Waals surface area contributed by atoms with Crippen LogP contribution in [-0.2, 0) is 5.41 Å². The molecule has 0 heterocycles. The van der Waals surface area contributed by atoms with Crippen molar-refractivity contribution in [2.45, 2.75) is 19.3 Å². The van der Waals surface area contributed by atoms with Gasteiger partial charge in [0.1, 0.15) is 0 Å². The van der Waals surface area contributed by atoms with Crippen LogP contribution in [-0.4, -0.2) is 0 Å². The highest BCUT2D eigenvalue weighted by atomic mass is 14.4. The van der Waals surface area contributed by atoms with Crippen molar-refractivity contribution in [1.29, 1.82) is 0 Å². The van der Waals surface area contributed by atoms with Crippen LogP contribution in [0.15, 0.2) is 170 Å². The molecule has 0 N–H and O–H groups in total. The molecule has 0 unspecified atom stereocenters. The monoisotopic (exact) mass is 622 g/mol. The largest absolute Gasteiger partial charge is 0.0622 e. The summed E-state index contributed by atoms with van der Waals surface area (Å²) < 4.78 is 0. The number of hydrogen-bond donors (Lipinski definition) is 0. The van der Waals surface area contributed by atoms with Gasteiger partial charge in [0.25, 0.3) is 0 Å². The van der Waals surface area contributed by atoms with Crippen LogP contribution in [0.2, 0.25) is 0 Å². The molecule has 9 aromatic carbocycles. The van der Waals surface area contributed by atoms with Crippen LogP contribution in [0.25, 0.3) is 87.6 Å². The lowest BCUT2D eigenvalue weighted by Crippen LogP contribution is -2.15. The first-order valence-electron chi connectivity index (χ1n) is 17.3. The fourth-order valence-corrected chi connectivity index (χ4v) is 8.97. The van der Waals surface area contributed by atoms with E-state index >= 15 is 0 Å². The second-order valence-electron chi connectivity index (χ2n) is 14.0. The maximum Gasteiger partial charge on any atom is 0.0165 e. The Morgan fingerprint density at radius 2 is 0.755 bits per heavy atom. The second-order valence-corrected chi connectivity index (χ2v) is 14.0. The van der Waals surface area contributed by atoms with E-state index in [1.54, 1.807) is 0 Å². The van der Waals surface area contributed by atoms with Crippen LogP contribution in [0.3, 0.4) is 0 Å². The van der Waals surface area contributed by atoms with Crippen LogP contribution in [0.4, 0.5) is 0 Å². The molecule has 0 radical (unpaired) electrons. The number of rotatable bonds is 3. The molecule has 0 nitrogen and oxygen atoms in total. The molecule has 10 rings (SSSR count). The summed E-state index contributed by atoms with van der Waals surface area (Å²) in [6.07, 6.45) is 0. The predicted molar refractivity (Wildman–Crippen MR) is 210 cm³/mol. The van der Waals surface area contributed by atoms with Gasteiger partial charge in [0.05, 0.1) is 0 Å². The highest BCUT2D eigenvalue weighted by Gasteiger charge is 2.37. The van der Waals surface area contributed by atoms with Crippen molar-refractivity contribution in [1.82, 2.24) is 0 Å². The highest BCUT2D eigenvalue weighted by Crippen LogP contribution is 2.54. The Labute approximate surface area is 286 Å². The zero-order chi connectivity index (χ0) is 32.7. The molecule has 0 fully saturated rings. The molecule has 0 amide bonds. The van der Waals surface area contributed by atoms with Gasteiger partial charge in [-0.15, -0.1) is 0 Å². The molecule has 0 aromatic heterocycles. The van der Waals surface area contributed by atoms with Crippen molar-refractivity contribution >= 4 is 43.1 Å². The first-order chi connectivity index (χ1) is 24.1. The Kier molecular flexibility index (Phi) is 6.02. The number of hydrogen-bond acceptors (Lipinski definition) is 0. The van der Waals surface area contributed by atoms with Crippen LogP contribution >= 0.6 is 0 Å². The standard InChI is InChI=1S/C49H34/c1-49(2)45-27-15-14-21-36(45)44-30-43(34-20-8-13-26-42(34)48(44)49)35-28-29-41(33-19-7-6-18-32(33)35)47-39-24-11-9-22-37(39)46(31-16-4-3-5-17-31)38-23-10-12-25-40(38)47/h3-30H,1-2H3. The topological polar surface area (TPSA) is 0 Å². The zero-order valence-electron chi connectivity index (χ0n) is 27.7. The van der Waals surface area contributed by atoms with Gasteiger partial charge in [-0.1, -0.05) is 178 Å². The minimum absolute atomic E-state index is 0.0655. The molecule has 0 atom stereocenters. The Morgan fingerprint density at radius 3 is 1.39 bits per heavy atom. The van der Waals surface area contributed by atoms with Crippen LogP contribution < -0.4 is 0 Å². The lowest BCUT2D eigenvalue weighted by Gasteiger charge is -2.24. The third kappa shape index (κ3) is 3.98. The molecule has 1 aliphatic carbocycles. The summed E-state index contributed by atoms with van der Waals surface area (Å²) in [5, 5.41) is 10.3. The summed E-state index contributed by atoms with van der Waals surface area (Å²) in [4.78, 5) is 0. The Bertz CT molecular complexity index is 2720. The summed E-state index contributed by atoms with van der Waals surface area (Å²) in [6, 6.07) is 63.0. The molecule has 0 bridgehead atoms. The van der Waals surface area contributed by atoms with E-state index in [1.807, 2.05) is 0 Å². The third-order valence-corrected chi connectivity index (χ3v) is 11.0. The molecule has 0 saturated heterocycles. The molecule has 49 heavy (non-hydrogen) atoms. The fraction of sp³-hybridized carbons (Fsp3) is 0.0612. The Balaban J connectivity index is 1.29. The van der Waals surface area contributed by atoms with Crippen molar-refractivity contribution in [3.63, 3.8) is 0 Å². The van der Waals surface area contributed by atoms with E-state index in [2.05, 4.69) is 184 Å². The molecule has 0 aliphatic heterocycles. The number of benzene rings is 9. The molecular formula is C49H34. The Hall–Kier alpha value is -5.98. The van der Waals surface area contributed by atoms with Gasteiger partial charge < -0.3 is 0 Å². The normalized spacial score (nSPS) is 13.3. The first-order valence-corrected chi connectivity index (χ1v) is 17.3. The summed E-state index contributed by atoms with van der Waals surface area (Å²) in [6.45, 7) is 4.76. The molecule has 230 valence electrons. The smallest absolute Gasteiger partial charge is 0.0165 e. The van der Waals surface area contributed by atoms with E-state index in [9.17, 15) is 0 Å². The van der Waals surface area contributed by atoms with Crippen molar-refractivity contribution in [3.05, 3.63) is 181 Å². The predicted octanol–water partition coefficient (Wildman–Crippen LogP) is 13.6. The van der Waals surface area contributed by atoms with Gasteiger partial charge in [0.15, 0.2) is 0 Å². The lowest BCUT2D eigenvalue weighted by molar-refractivity contribution is 0.666. The maximum absolute atomic E-state index is 2.48. The summed E-state index contributed by atoms with van der Waals surface area (Å²) >= 11 is 0. The van der Waals surface area contributed by atoms with Gasteiger partial charge in [0.2, 0.25) is 0 Å². The van der Waals surface area contributed by atoms with Gasteiger partial charge in [-0.3, -0.25) is 0 Å². The molecular weight excluding hydrogens is 589 g/mol. The zero-order valence-corrected chi connectivity index (χ0v) is 27.7. The van der Waals surface area contributed by atoms with E-state index in [4.69, 9.17) is 0 Å². The quantitative estimate of drug-likeness (QED) is 0.172.